The maximum absolute atomic E-state index is 13.3. The van der Waals surface area contributed by atoms with E-state index in [1.54, 1.807) is 67.3 Å². The van der Waals surface area contributed by atoms with Gasteiger partial charge < -0.3 is 77.5 Å². The number of fused-ring (bicyclic) bond motifs is 14. The van der Waals surface area contributed by atoms with Crippen molar-refractivity contribution in [2.45, 2.75) is 160 Å². The number of aliphatic hydroxyl groups excluding tert-OH is 1. The molecule has 15 N–H and O–H groups in total. The van der Waals surface area contributed by atoms with E-state index < -0.39 is 23.6 Å². The molecule has 8 unspecified atom stereocenters. The average Bonchev–Trinajstić information content (AvgIpc) is 1.36. The summed E-state index contributed by atoms with van der Waals surface area (Å²) in [5.74, 6) is 1.11. The van der Waals surface area contributed by atoms with Crippen molar-refractivity contribution in [3.8, 4) is 67.9 Å². The number of carbonyl (C=O) groups is 1. The van der Waals surface area contributed by atoms with Crippen LogP contribution in [0, 0.1) is 18.8 Å². The number of halogens is 3. The fraction of sp³-hybridized carbons (Fsp3) is 0.250. The van der Waals surface area contributed by atoms with Gasteiger partial charge in [-0.05, 0) is 328 Å². The molecule has 7 aromatic heterocycles. The molecule has 4 aliphatic heterocycles. The third-order valence-electron chi connectivity index (χ3n) is 27.1. The van der Waals surface area contributed by atoms with Gasteiger partial charge in [-0.2, -0.15) is 13.2 Å². The number of nitrogens with one attached hydrogen (secondary N) is 8. The van der Waals surface area contributed by atoms with Crippen LogP contribution in [0.5, 0.6) is 23.0 Å². The minimum absolute atomic E-state index is 0.00151. The second-order valence-corrected chi connectivity index (χ2v) is 35.8. The van der Waals surface area contributed by atoms with Crippen LogP contribution in [0.3, 0.4) is 0 Å². The number of H-pyrrole nitrogens is 3. The Hall–Kier alpha value is -15.2. The second kappa shape index (κ2) is 40.3. The third-order valence-corrected chi connectivity index (χ3v) is 27.1. The summed E-state index contributed by atoms with van der Waals surface area (Å²) < 4.78 is 45.2. The Bertz CT molecular complexity index is 7040. The molecule has 0 spiro atoms. The summed E-state index contributed by atoms with van der Waals surface area (Å²) >= 11 is 0. The zero-order chi connectivity index (χ0) is 94.3. The third kappa shape index (κ3) is 19.4. The predicted molar refractivity (Wildman–Crippen MR) is 534 cm³/mol. The number of carbonyl (C=O) groups excluding carboxylic acids is 1. The average molecular weight is 1820 g/mol. The number of nitrogens with zero attached hydrogens (tertiary/aromatic N) is 5. The number of nitrogens with two attached hydrogens (primary N) is 1. The van der Waals surface area contributed by atoms with Crippen molar-refractivity contribution in [1.29, 1.82) is 0 Å². The number of alkyl carbamates (subject to hydrolysis) is 1. The molecule has 13 aromatic rings. The van der Waals surface area contributed by atoms with E-state index in [1.807, 2.05) is 130 Å². The summed E-state index contributed by atoms with van der Waals surface area (Å²) in [6.07, 6.45) is 49.1. The standard InChI is InChI=1S/C29H31N3O3.C22H19F3N2O.C21H22N2O2.C21H18N2O.C19H21N5/c1-2-3-4-5-6-17-35-29(34)31-20-9-12-22-24(18-20)28(19-7-10-21(33)11-8-19)32-26-14-13-25-23(27(22)26)15-16-30-25;1-3-4-14-12(2)20-15-9-10-26-17(15)6-7-18(20)27-21(14)13-5-8-19(28)16(11-13)22(23,24)25;1-3-20-18(10-11-22-20)19-13-23-21(12-16(19)5-4-14(2)24)15-6-8-17(25)9-7-15;24-14-5-3-4-13(12-14)21-16-7-2-1-6-15(16)20-17-10-11-22-18(17)8-9-19(20)23-21;20-19-22-9-11(10-23-19)18-13-4-2-1-3-12(13)17-14-7-8-21-15(14)5-6-16(17)24-18/h2-8,10-11,13-16,20,23,25,28,30,32-33H,1,9,12,17-18H2,(H,31,34);5-11,27-28H,3-4H2,1-2H3;3,6-14,22,24-25H,1,4-5H2,2H3;3-5,8-12,23-24H,1-2,6-7H2;5-10,14-15,18,21,24H,1-4H2,(H2,20,22,23)/b4-3-,6-5+;;;;. The molecule has 21 nitrogen and oxygen atoms in total. The fourth-order valence-electron chi connectivity index (χ4n) is 20.7. The van der Waals surface area contributed by atoms with Crippen LogP contribution >= 0.6 is 0 Å². The van der Waals surface area contributed by atoms with Gasteiger partial charge >= 0.3 is 12.3 Å². The number of alkyl halides is 3. The minimum Gasteiger partial charge on any atom is -0.508 e. The van der Waals surface area contributed by atoms with Crippen LogP contribution in [0.25, 0.3) is 94.6 Å². The van der Waals surface area contributed by atoms with Gasteiger partial charge in [0.2, 0.25) is 5.95 Å². The van der Waals surface area contributed by atoms with E-state index in [9.17, 15) is 43.5 Å². The van der Waals surface area contributed by atoms with E-state index in [1.165, 1.54) is 99.3 Å². The number of amides is 1. The number of aromatic hydroxyl groups is 4. The second-order valence-electron chi connectivity index (χ2n) is 35.8. The number of phenols is 4. The van der Waals surface area contributed by atoms with Crippen LogP contribution in [-0.4, -0.2) is 102 Å². The Kier molecular flexibility index (Phi) is 27.1. The van der Waals surface area contributed by atoms with Crippen molar-refractivity contribution in [2.24, 2.45) is 11.8 Å². The lowest BCUT2D eigenvalue weighted by molar-refractivity contribution is -0.138. The van der Waals surface area contributed by atoms with Gasteiger partial charge in [-0.3, -0.25) is 15.0 Å². The molecule has 8 atom stereocenters. The van der Waals surface area contributed by atoms with Gasteiger partial charge in [0.25, 0.3) is 0 Å². The van der Waals surface area contributed by atoms with Crippen LogP contribution in [-0.2, 0) is 36.6 Å². The van der Waals surface area contributed by atoms with E-state index in [-0.39, 0.29) is 48.4 Å². The molecule has 136 heavy (non-hydrogen) atoms. The molecule has 692 valence electrons. The van der Waals surface area contributed by atoms with Gasteiger partial charge in [0.15, 0.2) is 0 Å². The zero-order valence-corrected chi connectivity index (χ0v) is 76.2. The topological polar surface area (TPSA) is 325 Å². The smallest absolute Gasteiger partial charge is 0.419 e. The number of aryl methyl sites for hydroxylation is 3. The number of dihydropyridines is 2. The van der Waals surface area contributed by atoms with Crippen molar-refractivity contribution in [3.05, 3.63) is 364 Å². The molecular weight excluding hydrogens is 1710 g/mol. The number of rotatable bonds is 17. The van der Waals surface area contributed by atoms with Crippen LogP contribution in [0.2, 0.25) is 0 Å². The lowest BCUT2D eigenvalue weighted by Crippen LogP contribution is -2.42. The van der Waals surface area contributed by atoms with Crippen molar-refractivity contribution in [3.63, 3.8) is 0 Å². The first-order valence-electron chi connectivity index (χ1n) is 46.8. The van der Waals surface area contributed by atoms with Crippen molar-refractivity contribution < 1.29 is 48.2 Å². The molecule has 11 heterocycles. The number of nitrogen functional groups attached to an aromatic ring is 1. The molecule has 24 heteroatoms. The first kappa shape index (κ1) is 91.3. The van der Waals surface area contributed by atoms with Gasteiger partial charge in [-0.1, -0.05) is 99.4 Å². The number of pyridine rings is 3. The Morgan fingerprint density at radius 3 is 1.93 bits per heavy atom. The summed E-state index contributed by atoms with van der Waals surface area (Å²) in [6.45, 7) is 13.5. The molecule has 0 fully saturated rings. The highest BCUT2D eigenvalue weighted by atomic mass is 19.4. The number of ether oxygens (including phenoxy) is 1. The number of allylic oxidation sites excluding steroid dienone is 8. The monoisotopic (exact) mass is 1820 g/mol. The van der Waals surface area contributed by atoms with Crippen LogP contribution < -0.4 is 32.3 Å². The predicted octanol–water partition coefficient (Wildman–Crippen LogP) is 23.1. The van der Waals surface area contributed by atoms with Crippen LogP contribution in [0.4, 0.5) is 23.9 Å². The van der Waals surface area contributed by atoms with E-state index in [0.29, 0.717) is 47.3 Å². The van der Waals surface area contributed by atoms with Crippen LogP contribution in [0.1, 0.15) is 147 Å². The highest BCUT2D eigenvalue weighted by Gasteiger charge is 2.42. The quantitative estimate of drug-likeness (QED) is 0.0377. The van der Waals surface area contributed by atoms with Gasteiger partial charge in [0.1, 0.15) is 29.6 Å². The first-order chi connectivity index (χ1) is 66.1. The summed E-state index contributed by atoms with van der Waals surface area (Å²) in [7, 11) is 0. The van der Waals surface area contributed by atoms with Crippen LogP contribution in [0.15, 0.2) is 314 Å². The van der Waals surface area contributed by atoms with Gasteiger partial charge in [-0.15, -0.1) is 0 Å². The number of hydrogen-bond acceptors (Lipinski definition) is 17. The molecule has 5 aliphatic carbocycles. The molecule has 0 radical (unpaired) electrons. The van der Waals surface area contributed by atoms with Crippen molar-refractivity contribution in [2.75, 3.05) is 12.3 Å². The number of phenolic OH excluding ortho intramolecular Hbond substituents is 4. The number of hydrogen-bond donors (Lipinski definition) is 14. The fourth-order valence-corrected chi connectivity index (χ4v) is 20.7. The zero-order valence-electron chi connectivity index (χ0n) is 76.2. The number of aromatic nitrogens is 8. The lowest BCUT2D eigenvalue weighted by atomic mass is 9.71. The van der Waals surface area contributed by atoms with Gasteiger partial charge in [-0.25, -0.2) is 14.8 Å². The van der Waals surface area contributed by atoms with Crippen molar-refractivity contribution in [1.82, 2.24) is 66.5 Å². The summed E-state index contributed by atoms with van der Waals surface area (Å²) in [5, 5.41) is 70.6. The summed E-state index contributed by atoms with van der Waals surface area (Å²) in [5.41, 5.74) is 35.9. The van der Waals surface area contributed by atoms with Gasteiger partial charge in [0, 0.05) is 144 Å². The normalized spacial score (nSPS) is 19.5. The van der Waals surface area contributed by atoms with E-state index in [0.717, 1.165) is 170 Å². The number of benzene rings is 6. The molecule has 0 bridgehead atoms. The van der Waals surface area contributed by atoms with Gasteiger partial charge in [0.05, 0.1) is 52.6 Å². The molecule has 9 aliphatic rings. The SMILES string of the molecule is C=C/C=C\C=C\COC(=O)NC1CCC2=C(C1)C(c1ccc(O)cc1)NC1=C2C2C=CNC2C=C1.C=Cc1[nH]ccc1-c1cnc(-c2ccc(O)cc2)cc1CCC(C)O.CCCc1c(-c2ccc(O)c(C(F)(F)F)c2)[nH]c2ccc3nccc3c2c1C.Nc1ncc(C2NC3=C(C4=C2CCCC4)C2C=CNC2C=C3)cn1.Oc1cccc(-c2[nH]c3ccc4nccc4c3c3c2CCCC3)c1. The maximum Gasteiger partial charge on any atom is 0.419 e. The Morgan fingerprint density at radius 2 is 1.26 bits per heavy atom. The molecule has 22 rings (SSSR count). The molecule has 0 saturated carbocycles. The first-order valence-corrected chi connectivity index (χ1v) is 46.8. The molecule has 0 saturated heterocycles. The maximum atomic E-state index is 13.3. The Morgan fingerprint density at radius 1 is 0.625 bits per heavy atom. The molecule has 1 amide bonds. The number of aromatic amines is 3. The number of aliphatic hydroxyl groups is 1. The Balaban J connectivity index is 0.000000114. The number of anilines is 1. The molecular formula is C112H111F3N14O7. The highest BCUT2D eigenvalue weighted by molar-refractivity contribution is 6.09. The van der Waals surface area contributed by atoms with E-state index >= 15 is 0 Å². The minimum atomic E-state index is -4.62. The summed E-state index contributed by atoms with van der Waals surface area (Å²) in [4.78, 5) is 44.4. The summed E-state index contributed by atoms with van der Waals surface area (Å²) in [6, 6.07) is 42.6. The lowest BCUT2D eigenvalue weighted by Gasteiger charge is -2.42. The van der Waals surface area contributed by atoms with Crippen molar-refractivity contribution >= 4 is 61.7 Å². The highest BCUT2D eigenvalue weighted by Crippen LogP contribution is 2.51. The Labute approximate surface area is 787 Å². The van der Waals surface area contributed by atoms with E-state index in [2.05, 4.69) is 153 Å². The molecule has 6 aromatic carbocycles. The van der Waals surface area contributed by atoms with E-state index in [4.69, 9.17) is 10.5 Å². The largest absolute Gasteiger partial charge is 0.508 e.